The minimum absolute atomic E-state index is 0.202. The molecule has 0 spiro atoms. The Bertz CT molecular complexity index is 557. The van der Waals surface area contributed by atoms with E-state index in [0.717, 1.165) is 23.0 Å². The first-order valence-corrected chi connectivity index (χ1v) is 6.88. The van der Waals surface area contributed by atoms with Crippen LogP contribution in [0, 0.1) is 6.92 Å². The Morgan fingerprint density at radius 3 is 2.44 bits per heavy atom. The largest absolute Gasteiger partial charge is 0.473 e. The first-order valence-electron chi connectivity index (χ1n) is 6.09. The van der Waals surface area contributed by atoms with Gasteiger partial charge in [-0.3, -0.25) is 0 Å². The summed E-state index contributed by atoms with van der Waals surface area (Å²) in [5.41, 5.74) is 3.77. The summed E-state index contributed by atoms with van der Waals surface area (Å²) in [4.78, 5) is 4.43. The van der Waals surface area contributed by atoms with Crippen molar-refractivity contribution in [2.75, 3.05) is 0 Å². The second-order valence-electron chi connectivity index (χ2n) is 4.66. The van der Waals surface area contributed by atoms with Gasteiger partial charge in [-0.1, -0.05) is 24.3 Å². The van der Waals surface area contributed by atoms with Crippen LogP contribution in [0.2, 0.25) is 0 Å². The number of ether oxygens (including phenoxy) is 1. The number of aryl methyl sites for hydroxylation is 1. The van der Waals surface area contributed by atoms with Crippen LogP contribution in [0.15, 0.2) is 40.9 Å². The van der Waals surface area contributed by atoms with Gasteiger partial charge in [0.25, 0.3) is 0 Å². The molecule has 1 aromatic heterocycles. The molecule has 1 heterocycles. The maximum absolute atomic E-state index is 6.01. The molecule has 1 aromatic carbocycles. The predicted molar refractivity (Wildman–Crippen MR) is 74.9 cm³/mol. The van der Waals surface area contributed by atoms with E-state index in [1.165, 1.54) is 11.1 Å². The van der Waals surface area contributed by atoms with Crippen molar-refractivity contribution in [2.24, 2.45) is 0 Å². The van der Waals surface area contributed by atoms with Gasteiger partial charge in [0, 0.05) is 18.5 Å². The molecule has 92 valence electrons. The van der Waals surface area contributed by atoms with Crippen molar-refractivity contribution in [3.05, 3.63) is 57.7 Å². The topological polar surface area (TPSA) is 22.1 Å². The zero-order chi connectivity index (χ0) is 12.5. The molecule has 0 atom stereocenters. The fourth-order valence-corrected chi connectivity index (χ4v) is 2.67. The summed E-state index contributed by atoms with van der Waals surface area (Å²) in [7, 11) is 0. The van der Waals surface area contributed by atoms with Crippen molar-refractivity contribution in [3.63, 3.8) is 0 Å². The molecule has 0 fully saturated rings. The number of halogens is 1. The summed E-state index contributed by atoms with van der Waals surface area (Å²) in [6.45, 7) is 1.97. The Morgan fingerprint density at radius 2 is 1.78 bits per heavy atom. The van der Waals surface area contributed by atoms with Crippen LogP contribution in [0.1, 0.15) is 16.8 Å². The third-order valence-electron chi connectivity index (χ3n) is 3.24. The predicted octanol–water partition coefficient (Wildman–Crippen LogP) is 3.70. The molecule has 1 aliphatic rings. The highest BCUT2D eigenvalue weighted by Gasteiger charge is 2.23. The number of pyridine rings is 1. The van der Waals surface area contributed by atoms with E-state index in [1.54, 1.807) is 0 Å². The van der Waals surface area contributed by atoms with E-state index in [1.807, 2.05) is 19.1 Å². The monoisotopic (exact) mass is 303 g/mol. The highest BCUT2D eigenvalue weighted by atomic mass is 79.9. The van der Waals surface area contributed by atoms with Gasteiger partial charge in [0.2, 0.25) is 5.88 Å². The molecule has 0 radical (unpaired) electrons. The standard InChI is InChI=1S/C15H14BrNO/c1-10-6-7-14(16)15(17-10)18-13-8-11-4-2-3-5-12(11)9-13/h2-7,13H,8-9H2,1H3. The van der Waals surface area contributed by atoms with Gasteiger partial charge in [0.15, 0.2) is 0 Å². The molecule has 0 bridgehead atoms. The van der Waals surface area contributed by atoms with Gasteiger partial charge in [0.1, 0.15) is 6.10 Å². The molecule has 1 aliphatic carbocycles. The highest BCUT2D eigenvalue weighted by molar-refractivity contribution is 9.10. The number of aromatic nitrogens is 1. The molecular formula is C15H14BrNO. The van der Waals surface area contributed by atoms with Gasteiger partial charge in [-0.15, -0.1) is 0 Å². The van der Waals surface area contributed by atoms with E-state index in [4.69, 9.17) is 4.74 Å². The van der Waals surface area contributed by atoms with Gasteiger partial charge in [-0.2, -0.15) is 0 Å². The Morgan fingerprint density at radius 1 is 1.11 bits per heavy atom. The van der Waals surface area contributed by atoms with Crippen molar-refractivity contribution < 1.29 is 4.74 Å². The highest BCUT2D eigenvalue weighted by Crippen LogP contribution is 2.28. The lowest BCUT2D eigenvalue weighted by Crippen LogP contribution is -2.17. The van der Waals surface area contributed by atoms with Crippen LogP contribution in [-0.4, -0.2) is 11.1 Å². The molecule has 0 N–H and O–H groups in total. The normalized spacial score (nSPS) is 14.6. The van der Waals surface area contributed by atoms with Crippen LogP contribution in [0.4, 0.5) is 0 Å². The molecule has 2 nitrogen and oxygen atoms in total. The van der Waals surface area contributed by atoms with E-state index >= 15 is 0 Å². The molecule has 18 heavy (non-hydrogen) atoms. The summed E-state index contributed by atoms with van der Waals surface area (Å²) in [6, 6.07) is 12.5. The Balaban J connectivity index is 1.78. The minimum atomic E-state index is 0.202. The summed E-state index contributed by atoms with van der Waals surface area (Å²) in [6.07, 6.45) is 2.14. The average Bonchev–Trinajstić information content (AvgIpc) is 2.76. The van der Waals surface area contributed by atoms with E-state index in [2.05, 4.69) is 45.2 Å². The third-order valence-corrected chi connectivity index (χ3v) is 3.85. The van der Waals surface area contributed by atoms with Crippen LogP contribution in [0.25, 0.3) is 0 Å². The van der Waals surface area contributed by atoms with Crippen molar-refractivity contribution >= 4 is 15.9 Å². The van der Waals surface area contributed by atoms with Crippen LogP contribution >= 0.6 is 15.9 Å². The van der Waals surface area contributed by atoms with Gasteiger partial charge in [0.05, 0.1) is 4.47 Å². The first kappa shape index (κ1) is 11.7. The van der Waals surface area contributed by atoms with E-state index in [0.29, 0.717) is 5.88 Å². The molecule has 0 unspecified atom stereocenters. The maximum atomic E-state index is 6.01. The van der Waals surface area contributed by atoms with Crippen molar-refractivity contribution in [1.82, 2.24) is 4.98 Å². The minimum Gasteiger partial charge on any atom is -0.473 e. The van der Waals surface area contributed by atoms with Crippen LogP contribution < -0.4 is 4.74 Å². The van der Waals surface area contributed by atoms with Gasteiger partial charge >= 0.3 is 0 Å². The molecule has 2 aromatic rings. The van der Waals surface area contributed by atoms with Crippen molar-refractivity contribution in [2.45, 2.75) is 25.9 Å². The lowest BCUT2D eigenvalue weighted by atomic mass is 10.1. The number of rotatable bonds is 2. The molecule has 0 aliphatic heterocycles. The summed E-state index contributed by atoms with van der Waals surface area (Å²) in [5.74, 6) is 0.702. The summed E-state index contributed by atoms with van der Waals surface area (Å²) in [5, 5.41) is 0. The SMILES string of the molecule is Cc1ccc(Br)c(OC2Cc3ccccc3C2)n1. The zero-order valence-corrected chi connectivity index (χ0v) is 11.8. The van der Waals surface area contributed by atoms with Gasteiger partial charge in [-0.05, 0) is 46.1 Å². The van der Waals surface area contributed by atoms with Crippen molar-refractivity contribution in [3.8, 4) is 5.88 Å². The van der Waals surface area contributed by atoms with Crippen LogP contribution in [-0.2, 0) is 12.8 Å². The number of fused-ring (bicyclic) bond motifs is 1. The lowest BCUT2D eigenvalue weighted by Gasteiger charge is -2.13. The first-order chi connectivity index (χ1) is 8.72. The summed E-state index contributed by atoms with van der Waals surface area (Å²) >= 11 is 3.49. The smallest absolute Gasteiger partial charge is 0.228 e. The zero-order valence-electron chi connectivity index (χ0n) is 10.2. The molecule has 3 rings (SSSR count). The van der Waals surface area contributed by atoms with E-state index < -0.39 is 0 Å². The molecule has 0 saturated carbocycles. The maximum Gasteiger partial charge on any atom is 0.228 e. The lowest BCUT2D eigenvalue weighted by molar-refractivity contribution is 0.203. The van der Waals surface area contributed by atoms with Gasteiger partial charge < -0.3 is 4.74 Å². The van der Waals surface area contributed by atoms with Gasteiger partial charge in [-0.25, -0.2) is 4.98 Å². The Hall–Kier alpha value is -1.35. The number of nitrogens with zero attached hydrogens (tertiary/aromatic N) is 1. The van der Waals surface area contributed by atoms with E-state index in [-0.39, 0.29) is 6.10 Å². The third kappa shape index (κ3) is 2.27. The van der Waals surface area contributed by atoms with Crippen LogP contribution in [0.5, 0.6) is 5.88 Å². The van der Waals surface area contributed by atoms with Crippen molar-refractivity contribution in [1.29, 1.82) is 0 Å². The quantitative estimate of drug-likeness (QED) is 0.844. The molecule has 3 heteroatoms. The average molecular weight is 304 g/mol. The molecular weight excluding hydrogens is 290 g/mol. The second kappa shape index (κ2) is 4.73. The molecule has 0 saturated heterocycles. The molecule has 0 amide bonds. The fraction of sp³-hybridized carbons (Fsp3) is 0.267. The fourth-order valence-electron chi connectivity index (χ4n) is 2.36. The summed E-state index contributed by atoms with van der Waals surface area (Å²) < 4.78 is 6.93. The van der Waals surface area contributed by atoms with Crippen LogP contribution in [0.3, 0.4) is 0 Å². The number of hydrogen-bond donors (Lipinski definition) is 0. The second-order valence-corrected chi connectivity index (χ2v) is 5.51. The van der Waals surface area contributed by atoms with E-state index in [9.17, 15) is 0 Å². The Kier molecular flexibility index (Phi) is 3.08. The number of benzene rings is 1. The number of hydrogen-bond acceptors (Lipinski definition) is 2. The Labute approximate surface area is 115 Å².